The number of nitrogens with two attached hydrogens (primary N) is 1. The molecule has 1 heterocycles. The molecule has 0 saturated heterocycles. The monoisotopic (exact) mass is 274 g/mol. The molecule has 3 rings (SSSR count). The Hall–Kier alpha value is -0.930. The molecule has 2 atom stereocenters. The molecule has 1 aliphatic rings. The lowest BCUT2D eigenvalue weighted by molar-refractivity contribution is 0.318. The number of thiazole rings is 1. The first-order valence-corrected chi connectivity index (χ1v) is 8.23. The first kappa shape index (κ1) is 13.1. The summed E-state index contributed by atoms with van der Waals surface area (Å²) < 4.78 is 1.32. The smallest absolute Gasteiger partial charge is 0.0941 e. The van der Waals surface area contributed by atoms with Gasteiger partial charge in [0.25, 0.3) is 0 Å². The SMILES string of the molecule is NCC1CCCCCC1Cc1nc2ccccc2s1. The maximum atomic E-state index is 5.97. The van der Waals surface area contributed by atoms with Gasteiger partial charge in [0, 0.05) is 6.42 Å². The van der Waals surface area contributed by atoms with E-state index < -0.39 is 0 Å². The number of rotatable bonds is 3. The van der Waals surface area contributed by atoms with Crippen molar-refractivity contribution in [3.8, 4) is 0 Å². The number of benzene rings is 1. The Labute approximate surface area is 119 Å². The molecule has 2 N–H and O–H groups in total. The lowest BCUT2D eigenvalue weighted by atomic mass is 9.86. The predicted molar refractivity (Wildman–Crippen MR) is 82.4 cm³/mol. The molecule has 102 valence electrons. The van der Waals surface area contributed by atoms with Crippen LogP contribution in [-0.4, -0.2) is 11.5 Å². The molecule has 1 saturated carbocycles. The van der Waals surface area contributed by atoms with Gasteiger partial charge in [0.15, 0.2) is 0 Å². The van der Waals surface area contributed by atoms with Gasteiger partial charge in [-0.3, -0.25) is 0 Å². The van der Waals surface area contributed by atoms with Crippen LogP contribution in [0.1, 0.15) is 37.1 Å². The topological polar surface area (TPSA) is 38.9 Å². The molecule has 0 amide bonds. The van der Waals surface area contributed by atoms with Crippen LogP contribution in [-0.2, 0) is 6.42 Å². The van der Waals surface area contributed by atoms with Gasteiger partial charge in [0.05, 0.1) is 15.2 Å². The first-order valence-electron chi connectivity index (χ1n) is 7.41. The van der Waals surface area contributed by atoms with Crippen LogP contribution in [0.15, 0.2) is 24.3 Å². The van der Waals surface area contributed by atoms with Crippen molar-refractivity contribution in [3.05, 3.63) is 29.3 Å². The third-order valence-electron chi connectivity index (χ3n) is 4.39. The second kappa shape index (κ2) is 6.02. The first-order chi connectivity index (χ1) is 9.36. The Morgan fingerprint density at radius 2 is 1.89 bits per heavy atom. The third-order valence-corrected chi connectivity index (χ3v) is 5.45. The van der Waals surface area contributed by atoms with Gasteiger partial charge in [0.2, 0.25) is 0 Å². The number of hydrogen-bond acceptors (Lipinski definition) is 3. The molecule has 0 spiro atoms. The number of aromatic nitrogens is 1. The summed E-state index contributed by atoms with van der Waals surface area (Å²) in [5.74, 6) is 1.45. The summed E-state index contributed by atoms with van der Waals surface area (Å²) in [6.07, 6.45) is 7.88. The van der Waals surface area contributed by atoms with E-state index in [2.05, 4.69) is 24.3 Å². The van der Waals surface area contributed by atoms with Crippen LogP contribution in [0, 0.1) is 11.8 Å². The zero-order valence-corrected chi connectivity index (χ0v) is 12.2. The van der Waals surface area contributed by atoms with E-state index >= 15 is 0 Å². The highest BCUT2D eigenvalue weighted by Crippen LogP contribution is 2.32. The van der Waals surface area contributed by atoms with E-state index in [0.29, 0.717) is 5.92 Å². The molecule has 0 bridgehead atoms. The van der Waals surface area contributed by atoms with Crippen molar-refractivity contribution < 1.29 is 0 Å². The van der Waals surface area contributed by atoms with Gasteiger partial charge in [-0.1, -0.05) is 31.4 Å². The zero-order valence-electron chi connectivity index (χ0n) is 11.3. The van der Waals surface area contributed by atoms with Gasteiger partial charge in [0.1, 0.15) is 0 Å². The molecule has 0 radical (unpaired) electrons. The summed E-state index contributed by atoms with van der Waals surface area (Å²) >= 11 is 1.86. The normalized spacial score (nSPS) is 24.5. The fourth-order valence-corrected chi connectivity index (χ4v) is 4.33. The van der Waals surface area contributed by atoms with Crippen LogP contribution in [0.5, 0.6) is 0 Å². The molecule has 1 aromatic heterocycles. The van der Waals surface area contributed by atoms with Gasteiger partial charge >= 0.3 is 0 Å². The Morgan fingerprint density at radius 3 is 2.68 bits per heavy atom. The lowest BCUT2D eigenvalue weighted by Gasteiger charge is -2.22. The lowest BCUT2D eigenvalue weighted by Crippen LogP contribution is -2.24. The van der Waals surface area contributed by atoms with E-state index in [0.717, 1.165) is 24.4 Å². The van der Waals surface area contributed by atoms with Crippen molar-refractivity contribution in [3.63, 3.8) is 0 Å². The number of nitrogens with zero attached hydrogens (tertiary/aromatic N) is 1. The largest absolute Gasteiger partial charge is 0.330 e. The van der Waals surface area contributed by atoms with Crippen LogP contribution in [0.2, 0.25) is 0 Å². The van der Waals surface area contributed by atoms with Crippen LogP contribution >= 0.6 is 11.3 Å². The van der Waals surface area contributed by atoms with Gasteiger partial charge < -0.3 is 5.73 Å². The van der Waals surface area contributed by atoms with E-state index in [4.69, 9.17) is 10.7 Å². The molecule has 1 fully saturated rings. The highest BCUT2D eigenvalue weighted by atomic mass is 32.1. The van der Waals surface area contributed by atoms with Crippen molar-refractivity contribution in [1.29, 1.82) is 0 Å². The molecule has 3 heteroatoms. The van der Waals surface area contributed by atoms with Gasteiger partial charge in [-0.25, -0.2) is 4.98 Å². The summed E-state index contributed by atoms with van der Waals surface area (Å²) in [7, 11) is 0. The molecule has 2 unspecified atom stereocenters. The number of fused-ring (bicyclic) bond motifs is 1. The number of hydrogen-bond donors (Lipinski definition) is 1. The molecule has 0 aliphatic heterocycles. The molecule has 1 aromatic carbocycles. The quantitative estimate of drug-likeness (QED) is 0.859. The highest BCUT2D eigenvalue weighted by molar-refractivity contribution is 7.18. The van der Waals surface area contributed by atoms with E-state index in [9.17, 15) is 0 Å². The van der Waals surface area contributed by atoms with E-state index in [1.807, 2.05) is 11.3 Å². The third kappa shape index (κ3) is 2.98. The maximum absolute atomic E-state index is 5.97. The second-order valence-electron chi connectivity index (χ2n) is 5.67. The van der Waals surface area contributed by atoms with E-state index in [-0.39, 0.29) is 0 Å². The standard InChI is InChI=1S/C16H22N2S/c17-11-13-7-3-1-2-6-12(13)10-16-18-14-8-4-5-9-15(14)19-16/h4-5,8-9,12-13H,1-3,6-7,10-11,17H2. The van der Waals surface area contributed by atoms with Crippen molar-refractivity contribution in [2.24, 2.45) is 17.6 Å². The van der Waals surface area contributed by atoms with Gasteiger partial charge in [-0.05, 0) is 43.4 Å². The molecule has 19 heavy (non-hydrogen) atoms. The van der Waals surface area contributed by atoms with Crippen LogP contribution < -0.4 is 5.73 Å². The Balaban J connectivity index is 1.78. The summed E-state index contributed by atoms with van der Waals surface area (Å²) in [4.78, 5) is 4.78. The minimum atomic E-state index is 0.703. The molecule has 2 aromatic rings. The Kier molecular flexibility index (Phi) is 4.14. The van der Waals surface area contributed by atoms with E-state index in [1.165, 1.54) is 41.8 Å². The number of para-hydroxylation sites is 1. The average Bonchev–Trinajstić information content (AvgIpc) is 2.70. The van der Waals surface area contributed by atoms with Crippen LogP contribution in [0.25, 0.3) is 10.2 Å². The minimum Gasteiger partial charge on any atom is -0.330 e. The zero-order chi connectivity index (χ0) is 13.1. The Bertz CT molecular complexity index is 501. The average molecular weight is 274 g/mol. The van der Waals surface area contributed by atoms with Crippen LogP contribution in [0.4, 0.5) is 0 Å². The van der Waals surface area contributed by atoms with Crippen molar-refractivity contribution in [1.82, 2.24) is 4.98 Å². The maximum Gasteiger partial charge on any atom is 0.0941 e. The van der Waals surface area contributed by atoms with Gasteiger partial charge in [-0.2, -0.15) is 0 Å². The van der Waals surface area contributed by atoms with Gasteiger partial charge in [-0.15, -0.1) is 11.3 Å². The predicted octanol–water partition coefficient (Wildman–Crippen LogP) is 3.99. The Morgan fingerprint density at radius 1 is 1.11 bits per heavy atom. The summed E-state index contributed by atoms with van der Waals surface area (Å²) in [6, 6.07) is 8.45. The van der Waals surface area contributed by atoms with Crippen molar-refractivity contribution in [2.45, 2.75) is 38.5 Å². The highest BCUT2D eigenvalue weighted by Gasteiger charge is 2.23. The van der Waals surface area contributed by atoms with Crippen molar-refractivity contribution >= 4 is 21.6 Å². The van der Waals surface area contributed by atoms with Crippen LogP contribution in [0.3, 0.4) is 0 Å². The summed E-state index contributed by atoms with van der Waals surface area (Å²) in [6.45, 7) is 0.843. The molecule has 2 nitrogen and oxygen atoms in total. The second-order valence-corrected chi connectivity index (χ2v) is 6.79. The fraction of sp³-hybridized carbons (Fsp3) is 0.562. The minimum absolute atomic E-state index is 0.703. The summed E-state index contributed by atoms with van der Waals surface area (Å²) in [5.41, 5.74) is 7.13. The molecule has 1 aliphatic carbocycles. The fourth-order valence-electron chi connectivity index (χ4n) is 3.27. The van der Waals surface area contributed by atoms with Crippen molar-refractivity contribution in [2.75, 3.05) is 6.54 Å². The van der Waals surface area contributed by atoms with E-state index in [1.54, 1.807) is 0 Å². The summed E-state index contributed by atoms with van der Waals surface area (Å²) in [5, 5.41) is 1.30. The molecular formula is C16H22N2S. The molecular weight excluding hydrogens is 252 g/mol.